The van der Waals surface area contributed by atoms with Crippen molar-refractivity contribution in [3.63, 3.8) is 0 Å². The van der Waals surface area contributed by atoms with Gasteiger partial charge in [0.15, 0.2) is 0 Å². The molecule has 0 spiro atoms. The molecule has 1 saturated carbocycles. The van der Waals surface area contributed by atoms with Gasteiger partial charge < -0.3 is 9.88 Å². The number of nitrogens with one attached hydrogen (secondary N) is 1. The Morgan fingerprint density at radius 3 is 2.86 bits per heavy atom. The Morgan fingerprint density at radius 2 is 2.24 bits per heavy atom. The lowest BCUT2D eigenvalue weighted by molar-refractivity contribution is 0.0965. The minimum Gasteiger partial charge on any atom is -0.338 e. The third kappa shape index (κ3) is 3.49. The Kier molecular flexibility index (Phi) is 4.65. The second-order valence-corrected chi connectivity index (χ2v) is 7.00. The van der Waals surface area contributed by atoms with Crippen LogP contribution in [0.15, 0.2) is 12.4 Å². The summed E-state index contributed by atoms with van der Waals surface area (Å²) in [5, 5.41) is 3.81. The first-order valence-corrected chi connectivity index (χ1v) is 8.62. The second-order valence-electron chi connectivity index (χ2n) is 7.00. The van der Waals surface area contributed by atoms with Crippen LogP contribution in [-0.2, 0) is 13.5 Å². The van der Waals surface area contributed by atoms with Crippen LogP contribution in [0, 0.1) is 11.8 Å². The fourth-order valence-electron chi connectivity index (χ4n) is 3.60. The van der Waals surface area contributed by atoms with Crippen LogP contribution in [0.5, 0.6) is 0 Å². The molecule has 1 aliphatic carbocycles. The molecule has 3 atom stereocenters. The number of aromatic nitrogens is 2. The highest BCUT2D eigenvalue weighted by atomic mass is 15.2. The van der Waals surface area contributed by atoms with Crippen molar-refractivity contribution in [1.82, 2.24) is 19.8 Å². The van der Waals surface area contributed by atoms with Crippen molar-refractivity contribution in [3.05, 3.63) is 18.2 Å². The summed E-state index contributed by atoms with van der Waals surface area (Å²) in [6.07, 6.45) is 9.15. The van der Waals surface area contributed by atoms with Crippen molar-refractivity contribution >= 4 is 0 Å². The number of hydrogen-bond donors (Lipinski definition) is 1. The summed E-state index contributed by atoms with van der Waals surface area (Å²) in [7, 11) is 2.10. The van der Waals surface area contributed by atoms with Gasteiger partial charge in [-0.2, -0.15) is 0 Å². The summed E-state index contributed by atoms with van der Waals surface area (Å²) < 4.78 is 2.15. The molecule has 0 bridgehead atoms. The summed E-state index contributed by atoms with van der Waals surface area (Å²) in [4.78, 5) is 7.23. The van der Waals surface area contributed by atoms with E-state index in [-0.39, 0.29) is 0 Å². The maximum absolute atomic E-state index is 4.48. The molecule has 3 rings (SSSR count). The average Bonchev–Trinajstić information content (AvgIpc) is 3.27. The molecule has 0 radical (unpaired) electrons. The molecule has 1 aliphatic heterocycles. The predicted molar refractivity (Wildman–Crippen MR) is 86.2 cm³/mol. The number of rotatable bonds is 6. The lowest BCUT2D eigenvalue weighted by Crippen LogP contribution is -2.59. The number of piperazine rings is 1. The van der Waals surface area contributed by atoms with E-state index < -0.39 is 0 Å². The van der Waals surface area contributed by atoms with E-state index >= 15 is 0 Å². The quantitative estimate of drug-likeness (QED) is 0.870. The van der Waals surface area contributed by atoms with Crippen molar-refractivity contribution in [2.75, 3.05) is 19.6 Å². The number of hydrogen-bond acceptors (Lipinski definition) is 3. The van der Waals surface area contributed by atoms with Crippen molar-refractivity contribution in [1.29, 1.82) is 0 Å². The van der Waals surface area contributed by atoms with E-state index in [0.29, 0.717) is 6.04 Å². The highest BCUT2D eigenvalue weighted by molar-refractivity contribution is 4.98. The molecular weight excluding hydrogens is 260 g/mol. The predicted octanol–water partition coefficient (Wildman–Crippen LogP) is 2.06. The van der Waals surface area contributed by atoms with Gasteiger partial charge in [-0.05, 0) is 24.7 Å². The second kappa shape index (κ2) is 6.49. The van der Waals surface area contributed by atoms with Gasteiger partial charge in [-0.1, -0.05) is 20.3 Å². The van der Waals surface area contributed by atoms with Crippen LogP contribution in [0.3, 0.4) is 0 Å². The summed E-state index contributed by atoms with van der Waals surface area (Å²) >= 11 is 0. The van der Waals surface area contributed by atoms with Gasteiger partial charge >= 0.3 is 0 Å². The third-order valence-electron chi connectivity index (χ3n) is 5.53. The van der Waals surface area contributed by atoms with E-state index in [4.69, 9.17) is 0 Å². The Hall–Kier alpha value is -0.870. The van der Waals surface area contributed by atoms with Gasteiger partial charge in [0.05, 0.1) is 0 Å². The average molecular weight is 290 g/mol. The third-order valence-corrected chi connectivity index (χ3v) is 5.53. The van der Waals surface area contributed by atoms with E-state index in [1.54, 1.807) is 0 Å². The van der Waals surface area contributed by atoms with Crippen LogP contribution >= 0.6 is 0 Å². The van der Waals surface area contributed by atoms with Gasteiger partial charge in [0, 0.05) is 57.6 Å². The zero-order valence-corrected chi connectivity index (χ0v) is 13.8. The number of nitrogens with zero attached hydrogens (tertiary/aromatic N) is 3. The molecule has 2 aliphatic rings. The molecule has 21 heavy (non-hydrogen) atoms. The SMILES string of the molecule is CCC(C)C1CN(CCc2nccn2C)C(C2CC2)CN1. The maximum atomic E-state index is 4.48. The van der Waals surface area contributed by atoms with Crippen LogP contribution in [0.1, 0.15) is 38.9 Å². The number of imidazole rings is 1. The van der Waals surface area contributed by atoms with Gasteiger partial charge in [-0.25, -0.2) is 4.98 Å². The fraction of sp³-hybridized carbons (Fsp3) is 0.824. The maximum Gasteiger partial charge on any atom is 0.109 e. The topological polar surface area (TPSA) is 33.1 Å². The molecule has 1 N–H and O–H groups in total. The lowest BCUT2D eigenvalue weighted by Gasteiger charge is -2.42. The molecule has 2 heterocycles. The van der Waals surface area contributed by atoms with Gasteiger partial charge in [0.25, 0.3) is 0 Å². The molecule has 3 unspecified atom stereocenters. The molecule has 1 aromatic heterocycles. The van der Waals surface area contributed by atoms with Crippen LogP contribution in [0.2, 0.25) is 0 Å². The first-order valence-electron chi connectivity index (χ1n) is 8.62. The lowest BCUT2D eigenvalue weighted by atomic mass is 9.94. The van der Waals surface area contributed by atoms with Crippen molar-refractivity contribution < 1.29 is 0 Å². The van der Waals surface area contributed by atoms with Crippen LogP contribution < -0.4 is 5.32 Å². The standard InChI is InChI=1S/C17H30N4/c1-4-13(2)15-12-21(16(11-19-15)14-5-6-14)9-7-17-18-8-10-20(17)3/h8,10,13-16,19H,4-7,9,11-12H2,1-3H3. The fourth-order valence-corrected chi connectivity index (χ4v) is 3.60. The Bertz CT molecular complexity index is 451. The Labute approximate surface area is 128 Å². The molecule has 1 saturated heterocycles. The Morgan fingerprint density at radius 1 is 1.43 bits per heavy atom. The van der Waals surface area contributed by atoms with Gasteiger partial charge in [-0.3, -0.25) is 4.90 Å². The zero-order chi connectivity index (χ0) is 14.8. The molecule has 4 nitrogen and oxygen atoms in total. The first kappa shape index (κ1) is 15.0. The largest absolute Gasteiger partial charge is 0.338 e. The van der Waals surface area contributed by atoms with E-state index in [2.05, 4.69) is 40.7 Å². The molecule has 118 valence electrons. The van der Waals surface area contributed by atoms with Gasteiger partial charge in [0.2, 0.25) is 0 Å². The van der Waals surface area contributed by atoms with Crippen molar-refractivity contribution in [2.24, 2.45) is 18.9 Å². The highest BCUT2D eigenvalue weighted by Crippen LogP contribution is 2.36. The minimum atomic E-state index is 0.659. The molecule has 4 heteroatoms. The van der Waals surface area contributed by atoms with Crippen LogP contribution in [0.4, 0.5) is 0 Å². The first-order chi connectivity index (χ1) is 10.2. The smallest absolute Gasteiger partial charge is 0.109 e. The Balaban J connectivity index is 1.61. The van der Waals surface area contributed by atoms with E-state index in [1.165, 1.54) is 38.2 Å². The summed E-state index contributed by atoms with van der Waals surface area (Å²) in [5.41, 5.74) is 0. The van der Waals surface area contributed by atoms with Crippen LogP contribution in [-0.4, -0.2) is 46.2 Å². The van der Waals surface area contributed by atoms with Crippen molar-refractivity contribution in [3.8, 4) is 0 Å². The highest BCUT2D eigenvalue weighted by Gasteiger charge is 2.39. The van der Waals surface area contributed by atoms with Crippen molar-refractivity contribution in [2.45, 2.75) is 51.6 Å². The summed E-state index contributed by atoms with van der Waals surface area (Å²) in [6, 6.07) is 1.41. The van der Waals surface area contributed by atoms with Gasteiger partial charge in [0.1, 0.15) is 5.82 Å². The molecule has 0 aromatic carbocycles. The van der Waals surface area contributed by atoms with Crippen LogP contribution in [0.25, 0.3) is 0 Å². The molecule has 0 amide bonds. The summed E-state index contributed by atoms with van der Waals surface area (Å²) in [6.45, 7) is 8.23. The van der Waals surface area contributed by atoms with E-state index in [1.807, 2.05) is 12.4 Å². The monoisotopic (exact) mass is 290 g/mol. The minimum absolute atomic E-state index is 0.659. The normalized spacial score (nSPS) is 28.7. The zero-order valence-electron chi connectivity index (χ0n) is 13.8. The van der Waals surface area contributed by atoms with E-state index in [0.717, 1.165) is 30.8 Å². The van der Waals surface area contributed by atoms with E-state index in [9.17, 15) is 0 Å². The number of aryl methyl sites for hydroxylation is 1. The summed E-state index contributed by atoms with van der Waals surface area (Å²) in [5.74, 6) is 2.92. The van der Waals surface area contributed by atoms with Gasteiger partial charge in [-0.15, -0.1) is 0 Å². The molecule has 1 aromatic rings. The molecular formula is C17H30N4. The molecule has 2 fully saturated rings.